The van der Waals surface area contributed by atoms with Crippen molar-refractivity contribution in [3.05, 3.63) is 94.3 Å². The number of hydrogen-bond donors (Lipinski definition) is 1. The third-order valence-corrected chi connectivity index (χ3v) is 6.25. The van der Waals surface area contributed by atoms with Gasteiger partial charge in [0, 0.05) is 12.0 Å². The number of carbonyl (C=O) groups excluding carboxylic acids is 1. The summed E-state index contributed by atoms with van der Waals surface area (Å²) in [6.45, 7) is 2.22. The third-order valence-electron chi connectivity index (χ3n) is 6.25. The second kappa shape index (κ2) is 7.79. The van der Waals surface area contributed by atoms with Crippen molar-refractivity contribution in [3.8, 4) is 11.1 Å². The van der Waals surface area contributed by atoms with E-state index in [-0.39, 0.29) is 31.2 Å². The minimum Gasteiger partial charge on any atom is -0.481 e. The van der Waals surface area contributed by atoms with Crippen molar-refractivity contribution in [3.63, 3.8) is 0 Å². The molecule has 0 spiro atoms. The summed E-state index contributed by atoms with van der Waals surface area (Å²) in [5, 5.41) is 9.12. The number of fused-ring (bicyclic) bond motifs is 3. The number of carboxylic acids is 1. The highest BCUT2D eigenvalue weighted by molar-refractivity contribution is 5.75. The van der Waals surface area contributed by atoms with Gasteiger partial charge in [-0.05, 0) is 46.9 Å². The fraction of sp³-hybridized carbons (Fsp3) is 0.231. The van der Waals surface area contributed by atoms with E-state index in [1.54, 1.807) is 11.0 Å². The van der Waals surface area contributed by atoms with Crippen molar-refractivity contribution in [2.75, 3.05) is 0 Å². The fourth-order valence-corrected chi connectivity index (χ4v) is 4.85. The van der Waals surface area contributed by atoms with E-state index in [0.29, 0.717) is 23.1 Å². The molecule has 1 heterocycles. The molecule has 1 aliphatic carbocycles. The first-order chi connectivity index (χ1) is 15.4. The van der Waals surface area contributed by atoms with E-state index >= 15 is 0 Å². The van der Waals surface area contributed by atoms with E-state index in [9.17, 15) is 14.0 Å². The van der Waals surface area contributed by atoms with Crippen molar-refractivity contribution < 1.29 is 23.8 Å². The molecule has 162 valence electrons. The first kappa shape index (κ1) is 20.2. The van der Waals surface area contributed by atoms with Gasteiger partial charge in [-0.15, -0.1) is 0 Å². The van der Waals surface area contributed by atoms with Gasteiger partial charge in [0.2, 0.25) is 0 Å². The maximum atomic E-state index is 14.8. The Morgan fingerprint density at radius 3 is 2.75 bits per heavy atom. The quantitative estimate of drug-likeness (QED) is 0.614. The number of rotatable bonds is 5. The maximum Gasteiger partial charge on any atom is 0.411 e. The number of hydrogen-bond acceptors (Lipinski definition) is 3. The van der Waals surface area contributed by atoms with Crippen LogP contribution < -0.4 is 0 Å². The molecule has 0 bridgehead atoms. The Morgan fingerprint density at radius 2 is 1.94 bits per heavy atom. The number of ether oxygens (including phenoxy) is 1. The third kappa shape index (κ3) is 3.51. The van der Waals surface area contributed by atoms with E-state index in [2.05, 4.69) is 6.07 Å². The van der Waals surface area contributed by atoms with Gasteiger partial charge < -0.3 is 9.84 Å². The van der Waals surface area contributed by atoms with Gasteiger partial charge in [0.1, 0.15) is 11.9 Å². The monoisotopic (exact) mass is 431 g/mol. The van der Waals surface area contributed by atoms with Gasteiger partial charge in [0.05, 0.1) is 19.0 Å². The molecule has 5 rings (SSSR count). The molecule has 2 atom stereocenters. The molecule has 1 amide bonds. The van der Waals surface area contributed by atoms with Gasteiger partial charge in [0.15, 0.2) is 0 Å². The summed E-state index contributed by atoms with van der Waals surface area (Å²) in [4.78, 5) is 25.6. The molecular formula is C26H22FNO4. The van der Waals surface area contributed by atoms with E-state index in [0.717, 1.165) is 16.7 Å². The summed E-state index contributed by atoms with van der Waals surface area (Å²) in [6.07, 6.45) is -0.0888. The molecule has 2 aliphatic rings. The number of carboxylic acid groups (broad SMARTS) is 1. The molecular weight excluding hydrogens is 409 g/mol. The molecule has 0 unspecified atom stereocenters. The number of halogens is 1. The van der Waals surface area contributed by atoms with Gasteiger partial charge >= 0.3 is 12.1 Å². The topological polar surface area (TPSA) is 66.8 Å². The van der Waals surface area contributed by atoms with Crippen LogP contribution in [0.4, 0.5) is 9.18 Å². The second-order valence-electron chi connectivity index (χ2n) is 8.44. The number of benzene rings is 3. The van der Waals surface area contributed by atoms with E-state index < -0.39 is 11.8 Å². The predicted molar refractivity (Wildman–Crippen MR) is 117 cm³/mol. The molecule has 6 heteroatoms. The van der Waals surface area contributed by atoms with Crippen LogP contribution in [-0.2, 0) is 28.9 Å². The maximum absolute atomic E-state index is 14.8. The van der Waals surface area contributed by atoms with Gasteiger partial charge in [-0.25, -0.2) is 9.18 Å². The molecule has 1 N–H and O–H groups in total. The Labute approximate surface area is 185 Å². The summed E-state index contributed by atoms with van der Waals surface area (Å²) < 4.78 is 20.5. The van der Waals surface area contributed by atoms with Crippen LogP contribution in [0.3, 0.4) is 0 Å². The summed E-state index contributed by atoms with van der Waals surface area (Å²) in [5.74, 6) is -1.41. The van der Waals surface area contributed by atoms with Crippen LogP contribution in [0.2, 0.25) is 0 Å². The van der Waals surface area contributed by atoms with E-state index in [4.69, 9.17) is 9.84 Å². The number of aryl methyl sites for hydroxylation is 1. The highest BCUT2D eigenvalue weighted by Gasteiger charge is 2.47. The van der Waals surface area contributed by atoms with Gasteiger partial charge in [-0.1, -0.05) is 54.1 Å². The Bertz CT molecular complexity index is 1240. The van der Waals surface area contributed by atoms with Crippen molar-refractivity contribution in [2.45, 2.75) is 38.5 Å². The highest BCUT2D eigenvalue weighted by atomic mass is 19.1. The van der Waals surface area contributed by atoms with Crippen molar-refractivity contribution in [1.29, 1.82) is 0 Å². The largest absolute Gasteiger partial charge is 0.481 e. The zero-order valence-corrected chi connectivity index (χ0v) is 17.5. The van der Waals surface area contributed by atoms with E-state index in [1.165, 1.54) is 17.7 Å². The minimum absolute atomic E-state index is 0.171. The Morgan fingerprint density at radius 1 is 1.12 bits per heavy atom. The lowest BCUT2D eigenvalue weighted by Gasteiger charge is -2.23. The van der Waals surface area contributed by atoms with Gasteiger partial charge in [-0.3, -0.25) is 9.69 Å². The van der Waals surface area contributed by atoms with Crippen LogP contribution in [0.5, 0.6) is 0 Å². The summed E-state index contributed by atoms with van der Waals surface area (Å²) in [5.41, 5.74) is 5.53. The number of aliphatic carboxylic acids is 1. The summed E-state index contributed by atoms with van der Waals surface area (Å²) in [6, 6.07) is 17.9. The second-order valence-corrected chi connectivity index (χ2v) is 8.44. The molecule has 1 saturated heterocycles. The molecule has 3 aromatic rings. The van der Waals surface area contributed by atoms with Crippen LogP contribution in [0.1, 0.15) is 33.9 Å². The highest BCUT2D eigenvalue weighted by Crippen LogP contribution is 2.44. The average Bonchev–Trinajstić information content (AvgIpc) is 3.25. The first-order valence-corrected chi connectivity index (χ1v) is 10.6. The van der Waals surface area contributed by atoms with Crippen LogP contribution in [0, 0.1) is 12.7 Å². The summed E-state index contributed by atoms with van der Waals surface area (Å²) in [7, 11) is 0. The molecule has 1 aliphatic heterocycles. The van der Waals surface area contributed by atoms with Crippen LogP contribution in [0.15, 0.2) is 60.7 Å². The molecule has 0 saturated carbocycles. The van der Waals surface area contributed by atoms with E-state index in [1.807, 2.05) is 43.3 Å². The van der Waals surface area contributed by atoms with Gasteiger partial charge in [-0.2, -0.15) is 0 Å². The van der Waals surface area contributed by atoms with Crippen LogP contribution in [-0.4, -0.2) is 28.2 Å². The Balaban J connectivity index is 1.54. The molecule has 5 nitrogen and oxygen atoms in total. The van der Waals surface area contributed by atoms with Crippen molar-refractivity contribution in [1.82, 2.24) is 4.90 Å². The molecule has 1 fully saturated rings. The lowest BCUT2D eigenvalue weighted by Crippen LogP contribution is -2.27. The molecule has 32 heavy (non-hydrogen) atoms. The predicted octanol–water partition coefficient (Wildman–Crippen LogP) is 5.05. The Kier molecular flexibility index (Phi) is 4.93. The van der Waals surface area contributed by atoms with Crippen LogP contribution in [0.25, 0.3) is 11.1 Å². The standard InChI is InChI=1S/C26H22FNO4/c1-15-6-8-19(21-11-16(12-24(29)30)7-9-22(21)27)18(10-15)14-28-25-20-5-3-2-4-17(20)13-23(25)32-26(28)31/h2-11,23,25H,12-14H2,1H3,(H,29,30)/t23-,25+/m0/s1. The Hall–Kier alpha value is -3.67. The lowest BCUT2D eigenvalue weighted by atomic mass is 9.94. The van der Waals surface area contributed by atoms with Crippen molar-refractivity contribution >= 4 is 12.1 Å². The zero-order chi connectivity index (χ0) is 22.4. The zero-order valence-electron chi connectivity index (χ0n) is 17.5. The first-order valence-electron chi connectivity index (χ1n) is 10.6. The number of carbonyl (C=O) groups is 2. The average molecular weight is 431 g/mol. The normalized spacial score (nSPS) is 18.9. The summed E-state index contributed by atoms with van der Waals surface area (Å²) >= 11 is 0. The lowest BCUT2D eigenvalue weighted by molar-refractivity contribution is -0.136. The molecule has 0 aromatic heterocycles. The van der Waals surface area contributed by atoms with Crippen molar-refractivity contribution in [2.24, 2.45) is 0 Å². The van der Waals surface area contributed by atoms with Gasteiger partial charge in [0.25, 0.3) is 0 Å². The number of nitrogens with zero attached hydrogens (tertiary/aromatic N) is 1. The van der Waals surface area contributed by atoms with Crippen LogP contribution >= 0.6 is 0 Å². The SMILES string of the molecule is Cc1ccc(-c2cc(CC(=O)O)ccc2F)c(CN2C(=O)O[C@H]3Cc4ccccc4[C@H]32)c1. The minimum atomic E-state index is -0.975. The fourth-order valence-electron chi connectivity index (χ4n) is 4.85. The molecule has 3 aromatic carbocycles. The number of amides is 1. The smallest absolute Gasteiger partial charge is 0.411 e. The molecule has 0 radical (unpaired) electrons.